The number of aromatic nitrogens is 1. The van der Waals surface area contributed by atoms with Gasteiger partial charge in [-0.25, -0.2) is 4.39 Å². The van der Waals surface area contributed by atoms with Crippen molar-refractivity contribution in [2.45, 2.75) is 13.1 Å². The Kier molecular flexibility index (Phi) is 5.44. The van der Waals surface area contributed by atoms with Gasteiger partial charge >= 0.3 is 0 Å². The van der Waals surface area contributed by atoms with Gasteiger partial charge < -0.3 is 14.8 Å². The van der Waals surface area contributed by atoms with Crippen LogP contribution in [0.3, 0.4) is 0 Å². The zero-order valence-corrected chi connectivity index (χ0v) is 18.2. The van der Waals surface area contributed by atoms with Crippen molar-refractivity contribution in [2.24, 2.45) is 0 Å². The van der Waals surface area contributed by atoms with E-state index in [1.54, 1.807) is 17.0 Å². The molecule has 4 aromatic rings. The maximum Gasteiger partial charge on any atom is 0.260 e. The second kappa shape index (κ2) is 8.56. The van der Waals surface area contributed by atoms with Gasteiger partial charge in [0.05, 0.1) is 17.1 Å². The molecule has 5 rings (SSSR count). The first kappa shape index (κ1) is 21.0. The third kappa shape index (κ3) is 4.13. The lowest BCUT2D eigenvalue weighted by atomic mass is 10.1. The summed E-state index contributed by atoms with van der Waals surface area (Å²) in [5.41, 5.74) is 3.83. The first-order valence-electron chi connectivity index (χ1n) is 10.4. The lowest BCUT2D eigenvalue weighted by molar-refractivity contribution is 0.0984. The maximum absolute atomic E-state index is 13.6. The Balaban J connectivity index is 1.43. The second-order valence-corrected chi connectivity index (χ2v) is 8.21. The van der Waals surface area contributed by atoms with Crippen LogP contribution in [0.15, 0.2) is 85.1 Å². The topological polar surface area (TPSA) is 54.3 Å². The van der Waals surface area contributed by atoms with Gasteiger partial charge in [0, 0.05) is 35.4 Å². The highest BCUT2D eigenvalue weighted by Gasteiger charge is 2.26. The van der Waals surface area contributed by atoms with Gasteiger partial charge in [0.1, 0.15) is 5.82 Å². The van der Waals surface area contributed by atoms with Gasteiger partial charge in [-0.3, -0.25) is 9.59 Å². The largest absolute Gasteiger partial charge is 0.345 e. The standard InChI is InChI=1S/C26H19ClFN3O2/c27-23-14-20(29-25(32)17-6-3-7-19(28)13-17)10-11-22(23)26(33)31-16-21-8-4-12-30(21)15-18-5-1-2-9-24(18)31/h1-14H,15-16H2,(H,29,32). The molecule has 1 aliphatic rings. The van der Waals surface area contributed by atoms with Crippen LogP contribution in [0.25, 0.3) is 0 Å². The monoisotopic (exact) mass is 459 g/mol. The van der Waals surface area contributed by atoms with E-state index >= 15 is 0 Å². The second-order valence-electron chi connectivity index (χ2n) is 7.81. The molecule has 1 aliphatic heterocycles. The fraction of sp³-hybridized carbons (Fsp3) is 0.0769. The maximum atomic E-state index is 13.6. The van der Waals surface area contributed by atoms with E-state index < -0.39 is 11.7 Å². The van der Waals surface area contributed by atoms with Crippen molar-refractivity contribution < 1.29 is 14.0 Å². The molecular weight excluding hydrogens is 441 g/mol. The molecule has 0 saturated heterocycles. The number of carbonyl (C=O) groups is 2. The Morgan fingerprint density at radius 2 is 1.76 bits per heavy atom. The van der Waals surface area contributed by atoms with Crippen molar-refractivity contribution >= 4 is 34.8 Å². The molecule has 0 spiro atoms. The molecular formula is C26H19ClFN3O2. The minimum Gasteiger partial charge on any atom is -0.345 e. The smallest absolute Gasteiger partial charge is 0.260 e. The van der Waals surface area contributed by atoms with Crippen LogP contribution < -0.4 is 10.2 Å². The average molecular weight is 460 g/mol. The van der Waals surface area contributed by atoms with Gasteiger partial charge in [0.2, 0.25) is 0 Å². The highest BCUT2D eigenvalue weighted by atomic mass is 35.5. The number of para-hydroxylation sites is 1. The predicted molar refractivity (Wildman–Crippen MR) is 126 cm³/mol. The number of nitrogens with one attached hydrogen (secondary N) is 1. The fourth-order valence-corrected chi connectivity index (χ4v) is 4.27. The summed E-state index contributed by atoms with van der Waals surface area (Å²) in [6, 6.07) is 21.9. The molecule has 2 heterocycles. The summed E-state index contributed by atoms with van der Waals surface area (Å²) in [5, 5.41) is 2.91. The van der Waals surface area contributed by atoms with Crippen molar-refractivity contribution in [1.82, 2.24) is 4.57 Å². The molecule has 7 heteroatoms. The number of nitrogens with zero attached hydrogens (tertiary/aromatic N) is 2. The molecule has 3 aromatic carbocycles. The van der Waals surface area contributed by atoms with Crippen molar-refractivity contribution in [3.63, 3.8) is 0 Å². The van der Waals surface area contributed by atoms with Gasteiger partial charge in [-0.1, -0.05) is 35.9 Å². The lowest BCUT2D eigenvalue weighted by Gasteiger charge is -2.23. The molecule has 2 amide bonds. The van der Waals surface area contributed by atoms with E-state index in [1.165, 1.54) is 24.3 Å². The molecule has 5 nitrogen and oxygen atoms in total. The number of anilines is 2. The number of benzene rings is 3. The van der Waals surface area contributed by atoms with Crippen molar-refractivity contribution in [3.8, 4) is 0 Å². The third-order valence-electron chi connectivity index (χ3n) is 5.66. The van der Waals surface area contributed by atoms with Gasteiger partial charge in [-0.2, -0.15) is 0 Å². The molecule has 33 heavy (non-hydrogen) atoms. The summed E-state index contributed by atoms with van der Waals surface area (Å²) in [4.78, 5) is 27.7. The lowest BCUT2D eigenvalue weighted by Crippen LogP contribution is -2.30. The van der Waals surface area contributed by atoms with Crippen LogP contribution in [-0.2, 0) is 13.1 Å². The van der Waals surface area contributed by atoms with E-state index in [2.05, 4.69) is 9.88 Å². The van der Waals surface area contributed by atoms with E-state index in [0.29, 0.717) is 24.3 Å². The van der Waals surface area contributed by atoms with Gasteiger partial charge in [0.15, 0.2) is 0 Å². The number of carbonyl (C=O) groups excluding carboxylic acids is 2. The number of hydrogen-bond acceptors (Lipinski definition) is 2. The Hall–Kier alpha value is -3.90. The quantitative estimate of drug-likeness (QED) is 0.424. The van der Waals surface area contributed by atoms with E-state index in [9.17, 15) is 14.0 Å². The summed E-state index contributed by atoms with van der Waals surface area (Å²) >= 11 is 6.48. The number of rotatable bonds is 3. The van der Waals surface area contributed by atoms with E-state index in [-0.39, 0.29) is 16.5 Å². The summed E-state index contributed by atoms with van der Waals surface area (Å²) in [6.45, 7) is 1.10. The van der Waals surface area contributed by atoms with Gasteiger partial charge in [-0.15, -0.1) is 0 Å². The van der Waals surface area contributed by atoms with Crippen LogP contribution >= 0.6 is 11.6 Å². The minimum atomic E-state index is -0.495. The van der Waals surface area contributed by atoms with Crippen LogP contribution in [0.5, 0.6) is 0 Å². The molecule has 0 aliphatic carbocycles. The number of fused-ring (bicyclic) bond motifs is 2. The third-order valence-corrected chi connectivity index (χ3v) is 5.97. The summed E-state index contributed by atoms with van der Waals surface area (Å²) in [6.07, 6.45) is 2.00. The molecule has 0 saturated carbocycles. The molecule has 0 bridgehead atoms. The minimum absolute atomic E-state index is 0.190. The molecule has 0 fully saturated rings. The van der Waals surface area contributed by atoms with Crippen LogP contribution in [0, 0.1) is 5.82 Å². The normalized spacial score (nSPS) is 12.5. The summed E-state index contributed by atoms with van der Waals surface area (Å²) < 4.78 is 15.5. The SMILES string of the molecule is O=C(Nc1ccc(C(=O)N2Cc3cccn3Cc3ccccc32)c(Cl)c1)c1cccc(F)c1. The molecule has 0 unspecified atom stereocenters. The Bertz CT molecular complexity index is 1380. The predicted octanol–water partition coefficient (Wildman–Crippen LogP) is 5.74. The van der Waals surface area contributed by atoms with E-state index in [1.807, 2.05) is 42.6 Å². The molecule has 1 N–H and O–H groups in total. The van der Waals surface area contributed by atoms with Gasteiger partial charge in [0.25, 0.3) is 11.8 Å². The first-order valence-corrected chi connectivity index (χ1v) is 10.8. The number of halogens is 2. The molecule has 0 atom stereocenters. The van der Waals surface area contributed by atoms with Crippen LogP contribution in [-0.4, -0.2) is 16.4 Å². The Morgan fingerprint density at radius 3 is 2.58 bits per heavy atom. The number of hydrogen-bond donors (Lipinski definition) is 1. The highest BCUT2D eigenvalue weighted by Crippen LogP contribution is 2.31. The fourth-order valence-electron chi connectivity index (χ4n) is 4.01. The van der Waals surface area contributed by atoms with Crippen LogP contribution in [0.1, 0.15) is 32.0 Å². The molecule has 164 valence electrons. The van der Waals surface area contributed by atoms with Crippen LogP contribution in [0.4, 0.5) is 15.8 Å². The summed E-state index contributed by atoms with van der Waals surface area (Å²) in [7, 11) is 0. The van der Waals surface area contributed by atoms with Crippen LogP contribution in [0.2, 0.25) is 5.02 Å². The van der Waals surface area contributed by atoms with E-state index in [4.69, 9.17) is 11.6 Å². The summed E-state index contributed by atoms with van der Waals surface area (Å²) in [5.74, 6) is -1.19. The highest BCUT2D eigenvalue weighted by molar-refractivity contribution is 6.35. The molecule has 0 radical (unpaired) electrons. The number of amides is 2. The average Bonchev–Trinajstić information content (AvgIpc) is 3.17. The Labute approximate surface area is 195 Å². The van der Waals surface area contributed by atoms with Crippen molar-refractivity contribution in [2.75, 3.05) is 10.2 Å². The van der Waals surface area contributed by atoms with E-state index in [0.717, 1.165) is 23.0 Å². The van der Waals surface area contributed by atoms with Gasteiger partial charge in [-0.05, 0) is 60.2 Å². The first-order chi connectivity index (χ1) is 16.0. The van der Waals surface area contributed by atoms with Crippen molar-refractivity contribution in [1.29, 1.82) is 0 Å². The Morgan fingerprint density at radius 1 is 0.909 bits per heavy atom. The molecule has 1 aromatic heterocycles. The van der Waals surface area contributed by atoms with Crippen molar-refractivity contribution in [3.05, 3.63) is 118 Å². The zero-order chi connectivity index (χ0) is 22.9. The zero-order valence-electron chi connectivity index (χ0n) is 17.5.